The average molecular weight is 519 g/mol. The number of methoxy groups -OCH3 is 2. The quantitative estimate of drug-likeness (QED) is 0.379. The molecule has 1 saturated heterocycles. The van der Waals surface area contributed by atoms with Crippen LogP contribution in [0.25, 0.3) is 6.08 Å². The lowest BCUT2D eigenvalue weighted by Crippen LogP contribution is -2.36. The number of amides is 3. The van der Waals surface area contributed by atoms with Crippen molar-refractivity contribution in [1.82, 2.24) is 4.90 Å². The minimum absolute atomic E-state index is 0.0965. The molecule has 3 rings (SSSR count). The molecule has 9 nitrogen and oxygen atoms in total. The fourth-order valence-corrected chi connectivity index (χ4v) is 4.20. The number of benzene rings is 2. The summed E-state index contributed by atoms with van der Waals surface area (Å²) in [6.45, 7) is 1.59. The Morgan fingerprint density at radius 3 is 2.60 bits per heavy atom. The molecule has 1 fully saturated rings. The van der Waals surface area contributed by atoms with Gasteiger partial charge in [-0.15, -0.1) is 0 Å². The molecule has 35 heavy (non-hydrogen) atoms. The Balaban J connectivity index is 1.72. The summed E-state index contributed by atoms with van der Waals surface area (Å²) in [5.74, 6) is -0.962. The maximum Gasteiger partial charge on any atom is 0.339 e. The number of ether oxygens (including phenoxy) is 3. The number of nitrogens with one attached hydrogen (secondary N) is 1. The van der Waals surface area contributed by atoms with E-state index in [1.807, 2.05) is 6.92 Å². The van der Waals surface area contributed by atoms with Crippen molar-refractivity contribution in [1.29, 1.82) is 0 Å². The molecule has 0 aromatic heterocycles. The van der Waals surface area contributed by atoms with E-state index in [9.17, 15) is 19.2 Å². The van der Waals surface area contributed by atoms with Crippen LogP contribution in [0.15, 0.2) is 41.3 Å². The topological polar surface area (TPSA) is 111 Å². The molecule has 1 N–H and O–H groups in total. The molecular weight excluding hydrogens is 496 g/mol. The van der Waals surface area contributed by atoms with Crippen LogP contribution >= 0.6 is 23.4 Å². The van der Waals surface area contributed by atoms with Crippen molar-refractivity contribution in [2.24, 2.45) is 0 Å². The standard InChI is InChI=1S/C24H23ClN2O7S/c1-4-10-34-23(30)16-12-15(8-9-17(16)25)26-20(28)13-27-22(29)19(35-24(27)31)11-14-6-5-7-18(32-2)21(14)33-3/h5-9,11-12H,4,10,13H2,1-3H3,(H,26,28)/b19-11+. The molecule has 11 heteroatoms. The number of halogens is 1. The number of thioether (sulfide) groups is 1. The van der Waals surface area contributed by atoms with Gasteiger partial charge in [0.1, 0.15) is 6.54 Å². The molecule has 0 bridgehead atoms. The van der Waals surface area contributed by atoms with Gasteiger partial charge in [-0.05, 0) is 48.5 Å². The Morgan fingerprint density at radius 2 is 1.91 bits per heavy atom. The van der Waals surface area contributed by atoms with Crippen molar-refractivity contribution in [3.05, 3.63) is 57.5 Å². The van der Waals surface area contributed by atoms with Gasteiger partial charge in [0.2, 0.25) is 5.91 Å². The van der Waals surface area contributed by atoms with E-state index in [0.717, 1.165) is 4.90 Å². The van der Waals surface area contributed by atoms with Gasteiger partial charge in [-0.1, -0.05) is 30.7 Å². The maximum atomic E-state index is 12.8. The van der Waals surface area contributed by atoms with Crippen LogP contribution in [0.3, 0.4) is 0 Å². The number of para-hydroxylation sites is 1. The minimum Gasteiger partial charge on any atom is -0.493 e. The van der Waals surface area contributed by atoms with Crippen LogP contribution in [-0.2, 0) is 14.3 Å². The molecule has 0 saturated carbocycles. The van der Waals surface area contributed by atoms with Gasteiger partial charge in [0.15, 0.2) is 11.5 Å². The predicted octanol–water partition coefficient (Wildman–Crippen LogP) is 4.60. The van der Waals surface area contributed by atoms with E-state index >= 15 is 0 Å². The van der Waals surface area contributed by atoms with E-state index in [1.54, 1.807) is 18.2 Å². The van der Waals surface area contributed by atoms with E-state index in [4.69, 9.17) is 25.8 Å². The molecular formula is C24H23ClN2O7S. The average Bonchev–Trinajstić information content (AvgIpc) is 3.10. The minimum atomic E-state index is -0.622. The van der Waals surface area contributed by atoms with Gasteiger partial charge in [-0.3, -0.25) is 19.3 Å². The Morgan fingerprint density at radius 1 is 1.14 bits per heavy atom. The summed E-state index contributed by atoms with van der Waals surface area (Å²) in [6.07, 6.45) is 2.16. The molecule has 184 valence electrons. The molecule has 2 aromatic carbocycles. The van der Waals surface area contributed by atoms with E-state index in [-0.39, 0.29) is 27.8 Å². The first-order valence-corrected chi connectivity index (χ1v) is 11.7. The van der Waals surface area contributed by atoms with Crippen molar-refractivity contribution >= 4 is 58.1 Å². The van der Waals surface area contributed by atoms with Gasteiger partial charge in [0, 0.05) is 11.3 Å². The van der Waals surface area contributed by atoms with Gasteiger partial charge >= 0.3 is 5.97 Å². The summed E-state index contributed by atoms with van der Waals surface area (Å²) in [5, 5.41) is 2.16. The zero-order valence-electron chi connectivity index (χ0n) is 19.3. The highest BCUT2D eigenvalue weighted by atomic mass is 35.5. The first-order chi connectivity index (χ1) is 16.8. The number of imide groups is 1. The molecule has 1 heterocycles. The SMILES string of the molecule is CCCOC(=O)c1cc(NC(=O)CN2C(=O)S/C(=C/c3cccc(OC)c3OC)C2=O)ccc1Cl. The number of hydrogen-bond acceptors (Lipinski definition) is 8. The number of rotatable bonds is 9. The van der Waals surface area contributed by atoms with Crippen LogP contribution < -0.4 is 14.8 Å². The van der Waals surface area contributed by atoms with Crippen LogP contribution in [0.5, 0.6) is 11.5 Å². The molecule has 0 spiro atoms. The van der Waals surface area contributed by atoms with Crippen molar-refractivity contribution < 1.29 is 33.4 Å². The lowest BCUT2D eigenvalue weighted by Gasteiger charge is -2.13. The van der Waals surface area contributed by atoms with Gasteiger partial charge in [0.05, 0.1) is 36.3 Å². The lowest BCUT2D eigenvalue weighted by molar-refractivity contribution is -0.127. The Bertz CT molecular complexity index is 1200. The third-order valence-corrected chi connectivity index (χ3v) is 6.04. The molecule has 0 aliphatic carbocycles. The smallest absolute Gasteiger partial charge is 0.339 e. The van der Waals surface area contributed by atoms with Crippen molar-refractivity contribution in [2.75, 3.05) is 32.7 Å². The largest absolute Gasteiger partial charge is 0.493 e. The summed E-state index contributed by atoms with van der Waals surface area (Å²) >= 11 is 6.79. The summed E-state index contributed by atoms with van der Waals surface area (Å²) in [6, 6.07) is 9.47. The summed E-state index contributed by atoms with van der Waals surface area (Å²) in [4.78, 5) is 51.0. The van der Waals surface area contributed by atoms with Crippen LogP contribution in [0.2, 0.25) is 5.02 Å². The first kappa shape index (κ1) is 26.1. The zero-order valence-corrected chi connectivity index (χ0v) is 20.8. The summed E-state index contributed by atoms with van der Waals surface area (Å²) in [7, 11) is 2.96. The zero-order chi connectivity index (χ0) is 25.5. The van der Waals surface area contributed by atoms with Gasteiger partial charge in [-0.2, -0.15) is 0 Å². The molecule has 0 radical (unpaired) electrons. The highest BCUT2D eigenvalue weighted by Crippen LogP contribution is 2.37. The molecule has 0 unspecified atom stereocenters. The first-order valence-electron chi connectivity index (χ1n) is 10.5. The molecule has 3 amide bonds. The number of carbonyl (C=O) groups is 4. The third kappa shape index (κ3) is 6.14. The highest BCUT2D eigenvalue weighted by molar-refractivity contribution is 8.18. The normalized spacial score (nSPS) is 14.3. The van der Waals surface area contributed by atoms with Crippen LogP contribution in [0, 0.1) is 0 Å². The Kier molecular flexibility index (Phi) is 8.78. The van der Waals surface area contributed by atoms with Gasteiger partial charge in [0.25, 0.3) is 11.1 Å². The van der Waals surface area contributed by atoms with E-state index in [2.05, 4.69) is 5.32 Å². The Hall–Kier alpha value is -3.50. The number of hydrogen-bond donors (Lipinski definition) is 1. The fraction of sp³-hybridized carbons (Fsp3) is 0.250. The molecule has 0 atom stereocenters. The monoisotopic (exact) mass is 518 g/mol. The predicted molar refractivity (Wildman–Crippen MR) is 133 cm³/mol. The van der Waals surface area contributed by atoms with Crippen LogP contribution in [0.1, 0.15) is 29.3 Å². The van der Waals surface area contributed by atoms with E-state index in [0.29, 0.717) is 35.2 Å². The van der Waals surface area contributed by atoms with Crippen LogP contribution in [-0.4, -0.2) is 55.3 Å². The number of nitrogens with zero attached hydrogens (tertiary/aromatic N) is 1. The third-order valence-electron chi connectivity index (χ3n) is 4.80. The maximum absolute atomic E-state index is 12.8. The number of carbonyl (C=O) groups excluding carboxylic acids is 4. The molecule has 2 aromatic rings. The number of esters is 1. The van der Waals surface area contributed by atoms with Crippen LogP contribution in [0.4, 0.5) is 10.5 Å². The second-order valence-electron chi connectivity index (χ2n) is 7.23. The fourth-order valence-electron chi connectivity index (χ4n) is 3.18. The van der Waals surface area contributed by atoms with Gasteiger partial charge < -0.3 is 19.5 Å². The summed E-state index contributed by atoms with van der Waals surface area (Å²) in [5.41, 5.74) is 0.913. The molecule has 1 aliphatic rings. The lowest BCUT2D eigenvalue weighted by atomic mass is 10.1. The second kappa shape index (κ2) is 11.8. The van der Waals surface area contributed by atoms with E-state index in [1.165, 1.54) is 38.5 Å². The highest BCUT2D eigenvalue weighted by Gasteiger charge is 2.36. The Labute approximate surface area is 211 Å². The summed E-state index contributed by atoms with van der Waals surface area (Å²) < 4.78 is 15.7. The molecule has 1 aliphatic heterocycles. The van der Waals surface area contributed by atoms with Gasteiger partial charge in [-0.25, -0.2) is 4.79 Å². The van der Waals surface area contributed by atoms with E-state index < -0.39 is 29.6 Å². The van der Waals surface area contributed by atoms with Crippen molar-refractivity contribution in [3.8, 4) is 11.5 Å². The van der Waals surface area contributed by atoms with Crippen molar-refractivity contribution in [3.63, 3.8) is 0 Å². The number of anilines is 1. The second-order valence-corrected chi connectivity index (χ2v) is 8.63. The van der Waals surface area contributed by atoms with Crippen molar-refractivity contribution in [2.45, 2.75) is 13.3 Å².